The van der Waals surface area contributed by atoms with E-state index in [4.69, 9.17) is 16.6 Å². The highest BCUT2D eigenvalue weighted by Crippen LogP contribution is 2.16. The quantitative estimate of drug-likeness (QED) is 0.467. The number of nitrogens with zero attached hydrogens (tertiary/aromatic N) is 2. The number of hydrogen-bond donors (Lipinski definition) is 3. The number of aromatic nitrogens is 3. The van der Waals surface area contributed by atoms with Gasteiger partial charge in [0.1, 0.15) is 5.76 Å². The minimum absolute atomic E-state index is 0.00366. The van der Waals surface area contributed by atoms with Crippen molar-refractivity contribution in [3.63, 3.8) is 0 Å². The Labute approximate surface area is 173 Å². The Morgan fingerprint density at radius 3 is 2.79 bits per heavy atom. The third-order valence-electron chi connectivity index (χ3n) is 4.34. The highest BCUT2D eigenvalue weighted by molar-refractivity contribution is 7.89. The van der Waals surface area contributed by atoms with Crippen LogP contribution < -0.4 is 10.0 Å². The summed E-state index contributed by atoms with van der Waals surface area (Å²) >= 11 is 5.13. The fraction of sp³-hybridized carbons (Fsp3) is 0.278. The topological polar surface area (TPSA) is 122 Å². The molecule has 11 heteroatoms. The predicted molar refractivity (Wildman–Crippen MR) is 108 cm³/mol. The van der Waals surface area contributed by atoms with Crippen LogP contribution in [0.2, 0.25) is 0 Å². The maximum Gasteiger partial charge on any atom is 0.251 e. The zero-order valence-corrected chi connectivity index (χ0v) is 17.6. The summed E-state index contributed by atoms with van der Waals surface area (Å²) in [5.41, 5.74) is 0.921. The smallest absolute Gasteiger partial charge is 0.251 e. The van der Waals surface area contributed by atoms with Crippen LogP contribution in [0.25, 0.3) is 0 Å². The molecule has 1 amide bonds. The molecule has 1 aromatic carbocycles. The van der Waals surface area contributed by atoms with Crippen LogP contribution in [0.5, 0.6) is 0 Å². The van der Waals surface area contributed by atoms with Gasteiger partial charge in [-0.3, -0.25) is 9.89 Å². The summed E-state index contributed by atoms with van der Waals surface area (Å²) in [5, 5.41) is 9.54. The lowest BCUT2D eigenvalue weighted by Gasteiger charge is -2.11. The number of H-pyrrole nitrogens is 1. The number of sulfonamides is 1. The molecule has 0 bridgehead atoms. The van der Waals surface area contributed by atoms with Crippen molar-refractivity contribution in [2.75, 3.05) is 0 Å². The number of nitrogens with one attached hydrogen (secondary N) is 3. The highest BCUT2D eigenvalue weighted by Gasteiger charge is 2.19. The fourth-order valence-electron chi connectivity index (χ4n) is 2.74. The number of aromatic amines is 1. The first-order valence-corrected chi connectivity index (χ1v) is 10.8. The first kappa shape index (κ1) is 21.0. The van der Waals surface area contributed by atoms with Gasteiger partial charge in [-0.25, -0.2) is 13.1 Å². The maximum atomic E-state index is 12.7. The van der Waals surface area contributed by atoms with Gasteiger partial charge in [-0.15, -0.1) is 0 Å². The standard InChI is InChI=1S/C18H21N5O4S2/c1-3-23-16(21-22-18(23)28)11-19-17(24)15-9-14(7-6-12(15)2)29(25,26)20-10-13-5-4-8-27-13/h4-9,20H,3,10-11H2,1-2H3,(H,19,24)(H,22,28). The normalized spacial score (nSPS) is 11.5. The lowest BCUT2D eigenvalue weighted by molar-refractivity contribution is 0.0948. The van der Waals surface area contributed by atoms with E-state index >= 15 is 0 Å². The average Bonchev–Trinajstić information content (AvgIpc) is 3.34. The zero-order valence-electron chi connectivity index (χ0n) is 15.9. The first-order chi connectivity index (χ1) is 13.8. The van der Waals surface area contributed by atoms with Crippen LogP contribution in [0.1, 0.15) is 34.4 Å². The molecule has 0 radical (unpaired) electrons. The van der Waals surface area contributed by atoms with Gasteiger partial charge in [-0.2, -0.15) is 5.10 Å². The second-order valence-corrected chi connectivity index (χ2v) is 8.41. The van der Waals surface area contributed by atoms with E-state index in [1.807, 2.05) is 6.92 Å². The van der Waals surface area contributed by atoms with Crippen molar-refractivity contribution in [3.8, 4) is 0 Å². The fourth-order valence-corrected chi connectivity index (χ4v) is 4.04. The average molecular weight is 436 g/mol. The van der Waals surface area contributed by atoms with Crippen LogP contribution in [0.3, 0.4) is 0 Å². The molecule has 3 rings (SSSR count). The van der Waals surface area contributed by atoms with Crippen LogP contribution in [0.15, 0.2) is 45.9 Å². The number of furan rings is 1. The largest absolute Gasteiger partial charge is 0.468 e. The summed E-state index contributed by atoms with van der Waals surface area (Å²) in [6.07, 6.45) is 1.47. The number of hydrogen-bond acceptors (Lipinski definition) is 6. The number of carbonyl (C=O) groups excluding carboxylic acids is 1. The lowest BCUT2D eigenvalue weighted by atomic mass is 10.1. The molecule has 154 valence electrons. The van der Waals surface area contributed by atoms with E-state index < -0.39 is 15.9 Å². The highest BCUT2D eigenvalue weighted by atomic mass is 32.2. The number of aryl methyl sites for hydroxylation is 1. The van der Waals surface area contributed by atoms with Crippen molar-refractivity contribution in [2.24, 2.45) is 0 Å². The summed E-state index contributed by atoms with van der Waals surface area (Å²) < 4.78 is 35.0. The van der Waals surface area contributed by atoms with Crippen LogP contribution in [-0.4, -0.2) is 29.1 Å². The SMILES string of the molecule is CCn1c(CNC(=O)c2cc(S(=O)(=O)NCc3ccco3)ccc2C)n[nH]c1=S. The van der Waals surface area contributed by atoms with Gasteiger partial charge >= 0.3 is 0 Å². The van der Waals surface area contributed by atoms with E-state index in [9.17, 15) is 13.2 Å². The van der Waals surface area contributed by atoms with E-state index in [0.717, 1.165) is 0 Å². The second kappa shape index (κ2) is 8.72. The summed E-state index contributed by atoms with van der Waals surface area (Å²) in [6, 6.07) is 7.75. The molecular weight excluding hydrogens is 414 g/mol. The molecule has 0 unspecified atom stereocenters. The van der Waals surface area contributed by atoms with Crippen LogP contribution in [-0.2, 0) is 29.7 Å². The molecule has 0 atom stereocenters. The number of carbonyl (C=O) groups is 1. The minimum Gasteiger partial charge on any atom is -0.468 e. The first-order valence-electron chi connectivity index (χ1n) is 8.87. The van der Waals surface area contributed by atoms with Crippen molar-refractivity contribution in [2.45, 2.75) is 38.4 Å². The van der Waals surface area contributed by atoms with E-state index in [-0.39, 0.29) is 23.5 Å². The maximum absolute atomic E-state index is 12.7. The van der Waals surface area contributed by atoms with Gasteiger partial charge in [0.2, 0.25) is 10.0 Å². The molecule has 0 aliphatic heterocycles. The van der Waals surface area contributed by atoms with E-state index in [0.29, 0.717) is 28.5 Å². The van der Waals surface area contributed by atoms with Gasteiger partial charge in [-0.1, -0.05) is 6.07 Å². The minimum atomic E-state index is -3.81. The molecule has 9 nitrogen and oxygen atoms in total. The third kappa shape index (κ3) is 4.81. The van der Waals surface area contributed by atoms with Crippen LogP contribution >= 0.6 is 12.2 Å². The van der Waals surface area contributed by atoms with Crippen molar-refractivity contribution in [1.29, 1.82) is 0 Å². The van der Waals surface area contributed by atoms with Gasteiger partial charge in [0.25, 0.3) is 5.91 Å². The number of amides is 1. The lowest BCUT2D eigenvalue weighted by Crippen LogP contribution is -2.27. The molecule has 0 aliphatic carbocycles. The molecular formula is C18H21N5O4S2. The van der Waals surface area contributed by atoms with Gasteiger partial charge in [0, 0.05) is 12.1 Å². The van der Waals surface area contributed by atoms with Crippen molar-refractivity contribution in [1.82, 2.24) is 24.8 Å². The van der Waals surface area contributed by atoms with E-state index in [1.165, 1.54) is 18.4 Å². The Bertz CT molecular complexity index is 1160. The summed E-state index contributed by atoms with van der Waals surface area (Å²) in [5.74, 6) is 0.678. The molecule has 0 saturated carbocycles. The molecule has 2 aromatic heterocycles. The molecule has 0 fully saturated rings. The molecule has 0 saturated heterocycles. The van der Waals surface area contributed by atoms with Gasteiger partial charge in [0.05, 0.1) is 24.2 Å². The summed E-state index contributed by atoms with van der Waals surface area (Å²) in [4.78, 5) is 12.7. The van der Waals surface area contributed by atoms with Gasteiger partial charge in [0.15, 0.2) is 10.6 Å². The Morgan fingerprint density at radius 2 is 2.10 bits per heavy atom. The second-order valence-electron chi connectivity index (χ2n) is 6.25. The van der Waals surface area contributed by atoms with Crippen molar-refractivity contribution < 1.29 is 17.6 Å². The monoisotopic (exact) mass is 435 g/mol. The van der Waals surface area contributed by atoms with Gasteiger partial charge < -0.3 is 14.3 Å². The third-order valence-corrected chi connectivity index (χ3v) is 6.05. The van der Waals surface area contributed by atoms with Crippen LogP contribution in [0.4, 0.5) is 0 Å². The zero-order chi connectivity index (χ0) is 21.0. The Morgan fingerprint density at radius 1 is 1.31 bits per heavy atom. The Hall–Kier alpha value is -2.76. The molecule has 0 aliphatic rings. The Kier molecular flexibility index (Phi) is 6.30. The van der Waals surface area contributed by atoms with Gasteiger partial charge in [-0.05, 0) is 55.9 Å². The van der Waals surface area contributed by atoms with Crippen molar-refractivity contribution >= 4 is 28.1 Å². The summed E-state index contributed by atoms with van der Waals surface area (Å²) in [7, 11) is -3.81. The summed E-state index contributed by atoms with van der Waals surface area (Å²) in [6.45, 7) is 4.46. The molecule has 2 heterocycles. The molecule has 29 heavy (non-hydrogen) atoms. The number of benzene rings is 1. The predicted octanol–water partition coefficient (Wildman–Crippen LogP) is 2.27. The van der Waals surface area contributed by atoms with Crippen molar-refractivity contribution in [3.05, 3.63) is 64.1 Å². The van der Waals surface area contributed by atoms with E-state index in [1.54, 1.807) is 29.7 Å². The molecule has 3 N–H and O–H groups in total. The number of rotatable bonds is 8. The molecule has 3 aromatic rings. The molecule has 0 spiro atoms. The Balaban J connectivity index is 1.75. The van der Waals surface area contributed by atoms with Crippen LogP contribution in [0, 0.1) is 11.7 Å². The van der Waals surface area contributed by atoms with E-state index in [2.05, 4.69) is 20.2 Å².